The second-order valence-corrected chi connectivity index (χ2v) is 5.47. The van der Waals surface area contributed by atoms with Crippen molar-refractivity contribution in [1.29, 1.82) is 0 Å². The fraction of sp³-hybridized carbons (Fsp3) is 0.0625. The predicted octanol–water partition coefficient (Wildman–Crippen LogP) is 4.43. The molecule has 2 aromatic carbocycles. The summed E-state index contributed by atoms with van der Waals surface area (Å²) in [6, 6.07) is 12.5. The van der Waals surface area contributed by atoms with E-state index < -0.39 is 0 Å². The van der Waals surface area contributed by atoms with Gasteiger partial charge in [0, 0.05) is 12.4 Å². The molecule has 0 saturated heterocycles. The van der Waals surface area contributed by atoms with Crippen molar-refractivity contribution in [3.8, 4) is 0 Å². The highest BCUT2D eigenvalue weighted by molar-refractivity contribution is 9.10. The van der Waals surface area contributed by atoms with Crippen LogP contribution in [0.1, 0.15) is 10.4 Å². The third-order valence-corrected chi connectivity index (χ3v) is 3.82. The molecule has 2 nitrogen and oxygen atoms in total. The minimum atomic E-state index is -0.354. The van der Waals surface area contributed by atoms with Gasteiger partial charge in [-0.2, -0.15) is 0 Å². The average Bonchev–Trinajstić information content (AvgIpc) is 2.87. The summed E-state index contributed by atoms with van der Waals surface area (Å²) in [5.74, 6) is -0.434. The third kappa shape index (κ3) is 2.51. The monoisotopic (exact) mass is 331 g/mol. The smallest absolute Gasteiger partial charge is 0.235 e. The predicted molar refractivity (Wildman–Crippen MR) is 80.4 cm³/mol. The maximum Gasteiger partial charge on any atom is 0.235 e. The van der Waals surface area contributed by atoms with E-state index in [4.69, 9.17) is 0 Å². The van der Waals surface area contributed by atoms with Gasteiger partial charge in [-0.1, -0.05) is 30.3 Å². The number of benzene rings is 2. The molecule has 4 heteroatoms. The Kier molecular flexibility index (Phi) is 3.40. The third-order valence-electron chi connectivity index (χ3n) is 3.18. The van der Waals surface area contributed by atoms with Gasteiger partial charge in [0.05, 0.1) is 10.9 Å². The number of aromatic nitrogens is 1. The zero-order valence-corrected chi connectivity index (χ0v) is 12.1. The fourth-order valence-corrected chi connectivity index (χ4v) is 2.39. The molecule has 0 N–H and O–H groups in total. The maximum atomic E-state index is 13.4. The standard InChI is InChI=1S/C16H11BrFNO/c17-14-6-5-11(7-15(14)18)8-16(20)19-9-12-3-1-2-4-13(12)10-19/h1-7,9-10H,8H2. The minimum absolute atomic E-state index is 0.0806. The lowest BCUT2D eigenvalue weighted by Crippen LogP contribution is -2.11. The van der Waals surface area contributed by atoms with E-state index in [0.29, 0.717) is 10.0 Å². The van der Waals surface area contributed by atoms with E-state index in [-0.39, 0.29) is 18.1 Å². The molecule has 20 heavy (non-hydrogen) atoms. The Morgan fingerprint density at radius 3 is 2.35 bits per heavy atom. The van der Waals surface area contributed by atoms with E-state index in [1.165, 1.54) is 6.07 Å². The molecule has 0 aliphatic rings. The van der Waals surface area contributed by atoms with Crippen molar-refractivity contribution >= 4 is 32.6 Å². The number of carbonyl (C=O) groups is 1. The lowest BCUT2D eigenvalue weighted by atomic mass is 10.1. The molecule has 0 saturated carbocycles. The molecule has 100 valence electrons. The van der Waals surface area contributed by atoms with Crippen molar-refractivity contribution in [1.82, 2.24) is 4.57 Å². The minimum Gasteiger partial charge on any atom is -0.293 e. The van der Waals surface area contributed by atoms with Crippen LogP contribution < -0.4 is 0 Å². The largest absolute Gasteiger partial charge is 0.293 e. The second kappa shape index (κ2) is 5.21. The summed E-state index contributed by atoms with van der Waals surface area (Å²) in [5, 5.41) is 2.03. The van der Waals surface area contributed by atoms with E-state index in [2.05, 4.69) is 15.9 Å². The molecule has 0 atom stereocenters. The van der Waals surface area contributed by atoms with E-state index in [9.17, 15) is 9.18 Å². The molecule has 1 heterocycles. The quantitative estimate of drug-likeness (QED) is 0.681. The summed E-state index contributed by atoms with van der Waals surface area (Å²) in [4.78, 5) is 12.2. The Bertz CT molecular complexity index is 761. The number of hydrogen-bond donors (Lipinski definition) is 0. The van der Waals surface area contributed by atoms with E-state index in [1.807, 2.05) is 24.3 Å². The van der Waals surface area contributed by atoms with Gasteiger partial charge >= 0.3 is 0 Å². The number of carbonyl (C=O) groups excluding carboxylic acids is 1. The topological polar surface area (TPSA) is 22.0 Å². The normalized spacial score (nSPS) is 10.9. The summed E-state index contributed by atoms with van der Waals surface area (Å²) in [6.07, 6.45) is 3.77. The molecule has 0 bridgehead atoms. The van der Waals surface area contributed by atoms with Crippen LogP contribution in [-0.4, -0.2) is 10.5 Å². The summed E-state index contributed by atoms with van der Waals surface area (Å²) in [5.41, 5.74) is 0.661. The summed E-state index contributed by atoms with van der Waals surface area (Å²) < 4.78 is 15.4. The first kappa shape index (κ1) is 13.1. The lowest BCUT2D eigenvalue weighted by Gasteiger charge is -2.03. The molecule has 3 rings (SSSR count). The molecule has 1 aromatic heterocycles. The summed E-state index contributed by atoms with van der Waals surface area (Å²) in [6.45, 7) is 0. The number of hydrogen-bond acceptors (Lipinski definition) is 1. The SMILES string of the molecule is O=C(Cc1ccc(Br)c(F)c1)n1cc2ccccc2c1. The number of halogens is 2. The van der Waals surface area contributed by atoms with Crippen molar-refractivity contribution in [2.24, 2.45) is 0 Å². The van der Waals surface area contributed by atoms with E-state index in [0.717, 1.165) is 10.8 Å². The van der Waals surface area contributed by atoms with Gasteiger partial charge in [-0.3, -0.25) is 9.36 Å². The molecular weight excluding hydrogens is 321 g/mol. The number of nitrogens with zero attached hydrogens (tertiary/aromatic N) is 1. The Hall–Kier alpha value is -1.94. The molecule has 0 fully saturated rings. The molecule has 0 radical (unpaired) electrons. The number of fused-ring (bicyclic) bond motifs is 1. The van der Waals surface area contributed by atoms with Crippen molar-refractivity contribution in [3.63, 3.8) is 0 Å². The van der Waals surface area contributed by atoms with Crippen LogP contribution in [0.5, 0.6) is 0 Å². The Balaban J connectivity index is 1.86. The summed E-state index contributed by atoms with van der Waals surface area (Å²) >= 11 is 3.10. The molecule has 0 amide bonds. The van der Waals surface area contributed by atoms with Gasteiger partial charge in [0.25, 0.3) is 0 Å². The first-order valence-electron chi connectivity index (χ1n) is 6.17. The molecule has 0 aliphatic heterocycles. The molecule has 0 aliphatic carbocycles. The summed E-state index contributed by atoms with van der Waals surface area (Å²) in [7, 11) is 0. The Labute approximate surface area is 124 Å². The Morgan fingerprint density at radius 2 is 1.75 bits per heavy atom. The highest BCUT2D eigenvalue weighted by atomic mass is 79.9. The zero-order chi connectivity index (χ0) is 14.1. The van der Waals surface area contributed by atoms with Crippen LogP contribution in [0.15, 0.2) is 59.3 Å². The van der Waals surface area contributed by atoms with E-state index in [1.54, 1.807) is 29.1 Å². The van der Waals surface area contributed by atoms with Gasteiger partial charge in [0.1, 0.15) is 5.82 Å². The number of rotatable bonds is 2. The fourth-order valence-electron chi connectivity index (χ4n) is 2.14. The van der Waals surface area contributed by atoms with Crippen LogP contribution >= 0.6 is 15.9 Å². The highest BCUT2D eigenvalue weighted by Gasteiger charge is 2.09. The molecular formula is C16H11BrFNO. The molecule has 3 aromatic rings. The van der Waals surface area contributed by atoms with Crippen LogP contribution in [0.4, 0.5) is 4.39 Å². The van der Waals surface area contributed by atoms with Crippen molar-refractivity contribution in [2.45, 2.75) is 6.42 Å². The van der Waals surface area contributed by atoms with Crippen LogP contribution in [0.25, 0.3) is 10.8 Å². The van der Waals surface area contributed by atoms with Gasteiger partial charge in [-0.25, -0.2) is 4.39 Å². The van der Waals surface area contributed by atoms with Gasteiger partial charge in [-0.15, -0.1) is 0 Å². The van der Waals surface area contributed by atoms with Crippen LogP contribution in [0, 0.1) is 5.82 Å². The Morgan fingerprint density at radius 1 is 1.10 bits per heavy atom. The lowest BCUT2D eigenvalue weighted by molar-refractivity contribution is 0.0915. The van der Waals surface area contributed by atoms with Crippen molar-refractivity contribution in [2.75, 3.05) is 0 Å². The van der Waals surface area contributed by atoms with E-state index >= 15 is 0 Å². The zero-order valence-electron chi connectivity index (χ0n) is 10.5. The van der Waals surface area contributed by atoms with Gasteiger partial charge in [-0.05, 0) is 44.4 Å². The highest BCUT2D eigenvalue weighted by Crippen LogP contribution is 2.18. The first-order valence-corrected chi connectivity index (χ1v) is 6.96. The van der Waals surface area contributed by atoms with Crippen LogP contribution in [0.3, 0.4) is 0 Å². The molecule has 0 unspecified atom stereocenters. The van der Waals surface area contributed by atoms with Crippen molar-refractivity contribution < 1.29 is 9.18 Å². The van der Waals surface area contributed by atoms with Gasteiger partial charge in [0.2, 0.25) is 5.91 Å². The molecule has 0 spiro atoms. The van der Waals surface area contributed by atoms with Crippen molar-refractivity contribution in [3.05, 3.63) is 70.7 Å². The first-order chi connectivity index (χ1) is 9.63. The van der Waals surface area contributed by atoms with Crippen LogP contribution in [-0.2, 0) is 6.42 Å². The van der Waals surface area contributed by atoms with Gasteiger partial charge in [0.15, 0.2) is 0 Å². The van der Waals surface area contributed by atoms with Crippen LogP contribution in [0.2, 0.25) is 0 Å². The van der Waals surface area contributed by atoms with Gasteiger partial charge < -0.3 is 0 Å². The average molecular weight is 332 g/mol. The maximum absolute atomic E-state index is 13.4. The second-order valence-electron chi connectivity index (χ2n) is 4.61.